The molecule has 29 heavy (non-hydrogen) atoms. The minimum Gasteiger partial charge on any atom is -0.452 e. The lowest BCUT2D eigenvalue weighted by Gasteiger charge is -2.14. The highest BCUT2D eigenvalue weighted by Crippen LogP contribution is 2.16. The Kier molecular flexibility index (Phi) is 7.73. The molecular formula is C19H18ClN3O5S. The average Bonchev–Trinajstić information content (AvgIpc) is 2.68. The Bertz CT molecular complexity index is 1050. The second kappa shape index (κ2) is 10.0. The van der Waals surface area contributed by atoms with Gasteiger partial charge in [-0.05, 0) is 37.3 Å². The molecule has 0 spiro atoms. The molecule has 0 aliphatic heterocycles. The monoisotopic (exact) mass is 435 g/mol. The van der Waals surface area contributed by atoms with E-state index in [0.29, 0.717) is 5.69 Å². The van der Waals surface area contributed by atoms with Crippen LogP contribution in [0.15, 0.2) is 53.4 Å². The van der Waals surface area contributed by atoms with Crippen LogP contribution in [0.5, 0.6) is 0 Å². The number of benzene rings is 2. The lowest BCUT2D eigenvalue weighted by Crippen LogP contribution is -2.32. The molecule has 1 unspecified atom stereocenters. The van der Waals surface area contributed by atoms with Crippen LogP contribution >= 0.6 is 11.6 Å². The van der Waals surface area contributed by atoms with Gasteiger partial charge in [-0.15, -0.1) is 0 Å². The maximum atomic E-state index is 12.1. The first kappa shape index (κ1) is 22.4. The third kappa shape index (κ3) is 6.57. The number of nitrogens with one attached hydrogen (secondary N) is 2. The third-order valence-corrected chi connectivity index (χ3v) is 5.40. The van der Waals surface area contributed by atoms with Crippen molar-refractivity contribution in [2.24, 2.45) is 0 Å². The number of rotatable bonds is 8. The van der Waals surface area contributed by atoms with E-state index < -0.39 is 28.0 Å². The number of carbonyl (C=O) groups excluding carboxylic acids is 2. The maximum absolute atomic E-state index is 12.1. The zero-order chi connectivity index (χ0) is 21.4. The summed E-state index contributed by atoms with van der Waals surface area (Å²) in [6.45, 7) is 1.16. The molecule has 2 aromatic rings. The fourth-order valence-electron chi connectivity index (χ4n) is 2.24. The third-order valence-electron chi connectivity index (χ3n) is 3.71. The predicted octanol–water partition coefficient (Wildman–Crippen LogP) is 2.45. The lowest BCUT2D eigenvalue weighted by atomic mass is 10.2. The van der Waals surface area contributed by atoms with Gasteiger partial charge in [0.1, 0.15) is 6.07 Å². The minimum absolute atomic E-state index is 0.0257. The molecule has 0 bridgehead atoms. The molecular weight excluding hydrogens is 418 g/mol. The van der Waals surface area contributed by atoms with E-state index in [2.05, 4.69) is 10.0 Å². The molecule has 2 rings (SSSR count). The van der Waals surface area contributed by atoms with Crippen LogP contribution < -0.4 is 10.0 Å². The zero-order valence-electron chi connectivity index (χ0n) is 15.4. The summed E-state index contributed by atoms with van der Waals surface area (Å²) in [5.41, 5.74) is 0.576. The first-order chi connectivity index (χ1) is 13.7. The normalized spacial score (nSPS) is 11.9. The fourth-order valence-corrected chi connectivity index (χ4v) is 3.57. The highest BCUT2D eigenvalue weighted by molar-refractivity contribution is 7.89. The number of esters is 1. The summed E-state index contributed by atoms with van der Waals surface area (Å²) in [6, 6.07) is 14.0. The van der Waals surface area contributed by atoms with Gasteiger partial charge in [-0.3, -0.25) is 9.59 Å². The number of amides is 1. The number of hydrogen-bond acceptors (Lipinski definition) is 6. The second-order valence-electron chi connectivity index (χ2n) is 5.88. The van der Waals surface area contributed by atoms with Crippen LogP contribution in [0.1, 0.15) is 18.9 Å². The van der Waals surface area contributed by atoms with E-state index in [1.165, 1.54) is 31.2 Å². The highest BCUT2D eigenvalue weighted by atomic mass is 35.5. The number of para-hydroxylation sites is 1. The summed E-state index contributed by atoms with van der Waals surface area (Å²) >= 11 is 5.78. The SMILES string of the molecule is CC(OC(=O)CCNS(=O)(=O)c1cccc(Cl)c1)C(=O)Nc1ccccc1C#N. The molecule has 152 valence electrons. The van der Waals surface area contributed by atoms with E-state index in [1.54, 1.807) is 24.3 Å². The molecule has 1 amide bonds. The highest BCUT2D eigenvalue weighted by Gasteiger charge is 2.20. The van der Waals surface area contributed by atoms with Gasteiger partial charge in [0.2, 0.25) is 10.0 Å². The van der Waals surface area contributed by atoms with E-state index >= 15 is 0 Å². The first-order valence-corrected chi connectivity index (χ1v) is 10.3. The van der Waals surface area contributed by atoms with Gasteiger partial charge in [0.15, 0.2) is 6.10 Å². The summed E-state index contributed by atoms with van der Waals surface area (Å²) in [6.07, 6.45) is -1.40. The summed E-state index contributed by atoms with van der Waals surface area (Å²) < 4.78 is 31.6. The number of hydrogen-bond donors (Lipinski definition) is 2. The molecule has 0 fully saturated rings. The van der Waals surface area contributed by atoms with Gasteiger partial charge in [-0.25, -0.2) is 13.1 Å². The summed E-state index contributed by atoms with van der Waals surface area (Å²) in [4.78, 5) is 24.0. The number of anilines is 1. The average molecular weight is 436 g/mol. The zero-order valence-corrected chi connectivity index (χ0v) is 17.0. The van der Waals surface area contributed by atoms with Crippen molar-refractivity contribution < 1.29 is 22.7 Å². The lowest BCUT2D eigenvalue weighted by molar-refractivity contribution is -0.152. The Hall–Kier alpha value is -2.93. The van der Waals surface area contributed by atoms with Gasteiger partial charge in [0.25, 0.3) is 5.91 Å². The van der Waals surface area contributed by atoms with Crippen molar-refractivity contribution in [3.8, 4) is 6.07 Å². The van der Waals surface area contributed by atoms with E-state index in [-0.39, 0.29) is 28.4 Å². The number of nitriles is 1. The van der Waals surface area contributed by atoms with Crippen molar-refractivity contribution in [2.45, 2.75) is 24.3 Å². The van der Waals surface area contributed by atoms with Crippen LogP contribution in [-0.4, -0.2) is 32.9 Å². The Balaban J connectivity index is 1.84. The summed E-state index contributed by atoms with van der Waals surface area (Å²) in [5.74, 6) is -1.37. The molecule has 0 saturated heterocycles. The van der Waals surface area contributed by atoms with E-state index in [9.17, 15) is 18.0 Å². The Morgan fingerprint density at radius 3 is 2.62 bits per heavy atom. The molecule has 10 heteroatoms. The number of ether oxygens (including phenoxy) is 1. The maximum Gasteiger partial charge on any atom is 0.307 e. The van der Waals surface area contributed by atoms with E-state index in [1.807, 2.05) is 6.07 Å². The second-order valence-corrected chi connectivity index (χ2v) is 8.09. The van der Waals surface area contributed by atoms with Crippen LogP contribution in [-0.2, 0) is 24.3 Å². The Labute approximate surface area is 173 Å². The van der Waals surface area contributed by atoms with Crippen molar-refractivity contribution in [3.05, 3.63) is 59.1 Å². The van der Waals surface area contributed by atoms with Crippen LogP contribution in [0.4, 0.5) is 5.69 Å². The molecule has 0 radical (unpaired) electrons. The molecule has 0 aliphatic rings. The van der Waals surface area contributed by atoms with Crippen molar-refractivity contribution in [1.29, 1.82) is 5.26 Å². The minimum atomic E-state index is -3.82. The van der Waals surface area contributed by atoms with Crippen molar-refractivity contribution in [3.63, 3.8) is 0 Å². The summed E-state index contributed by atoms with van der Waals surface area (Å²) in [7, 11) is -3.82. The van der Waals surface area contributed by atoms with Gasteiger partial charge < -0.3 is 10.1 Å². The largest absolute Gasteiger partial charge is 0.452 e. The Morgan fingerprint density at radius 2 is 1.93 bits per heavy atom. The van der Waals surface area contributed by atoms with Gasteiger partial charge in [-0.2, -0.15) is 5.26 Å². The molecule has 8 nitrogen and oxygen atoms in total. The fraction of sp³-hybridized carbons (Fsp3) is 0.211. The smallest absolute Gasteiger partial charge is 0.307 e. The van der Waals surface area contributed by atoms with E-state index in [4.69, 9.17) is 21.6 Å². The van der Waals surface area contributed by atoms with Gasteiger partial charge in [0.05, 0.1) is 22.6 Å². The van der Waals surface area contributed by atoms with Gasteiger partial charge >= 0.3 is 5.97 Å². The van der Waals surface area contributed by atoms with Crippen molar-refractivity contribution in [1.82, 2.24) is 4.72 Å². The van der Waals surface area contributed by atoms with Crippen LogP contribution in [0.2, 0.25) is 5.02 Å². The molecule has 0 aliphatic carbocycles. The summed E-state index contributed by atoms with van der Waals surface area (Å²) in [5, 5.41) is 11.8. The van der Waals surface area contributed by atoms with E-state index in [0.717, 1.165) is 0 Å². The first-order valence-electron chi connectivity index (χ1n) is 8.47. The van der Waals surface area contributed by atoms with Gasteiger partial charge in [-0.1, -0.05) is 29.8 Å². The number of halogens is 1. The number of carbonyl (C=O) groups is 2. The number of nitrogens with zero attached hydrogens (tertiary/aromatic N) is 1. The quantitative estimate of drug-likeness (QED) is 0.613. The topological polar surface area (TPSA) is 125 Å². The standard InChI is InChI=1S/C19H18ClN3O5S/c1-13(19(25)23-17-8-3-2-5-14(17)12-21)28-18(24)9-10-22-29(26,27)16-7-4-6-15(20)11-16/h2-8,11,13,22H,9-10H2,1H3,(H,23,25). The van der Waals surface area contributed by atoms with Gasteiger partial charge in [0, 0.05) is 11.6 Å². The van der Waals surface area contributed by atoms with Crippen LogP contribution in [0.25, 0.3) is 0 Å². The van der Waals surface area contributed by atoms with Crippen molar-refractivity contribution in [2.75, 3.05) is 11.9 Å². The predicted molar refractivity (Wildman–Crippen MR) is 107 cm³/mol. The molecule has 0 heterocycles. The molecule has 2 aromatic carbocycles. The number of sulfonamides is 1. The van der Waals surface area contributed by atoms with Crippen LogP contribution in [0, 0.1) is 11.3 Å². The molecule has 2 N–H and O–H groups in total. The molecule has 0 saturated carbocycles. The van der Waals surface area contributed by atoms with Crippen molar-refractivity contribution >= 4 is 39.2 Å². The molecule has 0 aromatic heterocycles. The van der Waals surface area contributed by atoms with Crippen LogP contribution in [0.3, 0.4) is 0 Å². The molecule has 1 atom stereocenters. The Morgan fingerprint density at radius 1 is 1.21 bits per heavy atom.